The van der Waals surface area contributed by atoms with E-state index in [9.17, 15) is 34.7 Å². The van der Waals surface area contributed by atoms with Crippen molar-refractivity contribution in [3.05, 3.63) is 100 Å². The monoisotopic (exact) mass is 626 g/mol. The minimum Gasteiger partial charge on any atom is -0.482 e. The van der Waals surface area contributed by atoms with Crippen LogP contribution in [0.4, 0.5) is 22.7 Å². The Morgan fingerprint density at radius 3 is 2.63 bits per heavy atom. The number of carbonyl (C=O) groups is 3. The van der Waals surface area contributed by atoms with Gasteiger partial charge in [0.05, 0.1) is 35.5 Å². The van der Waals surface area contributed by atoms with E-state index < -0.39 is 22.3 Å². The van der Waals surface area contributed by atoms with Gasteiger partial charge in [0.15, 0.2) is 12.2 Å². The van der Waals surface area contributed by atoms with Gasteiger partial charge in [0.25, 0.3) is 17.5 Å². The number of non-ortho nitro benzene ring substituents is 1. The molecule has 12 heteroatoms. The number of para-hydroxylation sites is 2. The molecular weight excluding hydrogens is 592 g/mol. The SMILES string of the molecule is C[C@H](/C=C/CC(=O)N1CCC[C@H]1CO)[C@@]1(O)C(=O)N(Cc2ccc(N3C(=O)COc4ccccc43)cc2)c2ccc([N+](=O)[O-])cc21. The molecule has 0 aliphatic carbocycles. The van der Waals surface area contributed by atoms with E-state index in [1.807, 2.05) is 12.1 Å². The van der Waals surface area contributed by atoms with Gasteiger partial charge in [-0.05, 0) is 48.7 Å². The normalized spacial score (nSPS) is 21.4. The van der Waals surface area contributed by atoms with E-state index in [4.69, 9.17) is 4.74 Å². The average Bonchev–Trinajstić information content (AvgIpc) is 3.63. The first-order valence-electron chi connectivity index (χ1n) is 15.2. The van der Waals surface area contributed by atoms with Crippen LogP contribution in [0.25, 0.3) is 0 Å². The fourth-order valence-electron chi connectivity index (χ4n) is 6.51. The number of hydrogen-bond donors (Lipinski definition) is 2. The number of anilines is 3. The van der Waals surface area contributed by atoms with Crippen molar-refractivity contribution in [2.75, 3.05) is 29.6 Å². The van der Waals surface area contributed by atoms with Gasteiger partial charge in [0.2, 0.25) is 5.91 Å². The molecule has 3 aliphatic rings. The van der Waals surface area contributed by atoms with Gasteiger partial charge in [-0.3, -0.25) is 29.4 Å². The van der Waals surface area contributed by atoms with Gasteiger partial charge in [0, 0.05) is 42.3 Å². The van der Waals surface area contributed by atoms with Crippen molar-refractivity contribution in [2.24, 2.45) is 5.92 Å². The van der Waals surface area contributed by atoms with Gasteiger partial charge in [-0.2, -0.15) is 0 Å². The zero-order chi connectivity index (χ0) is 32.6. The summed E-state index contributed by atoms with van der Waals surface area (Å²) in [6, 6.07) is 18.1. The summed E-state index contributed by atoms with van der Waals surface area (Å²) in [5.74, 6) is -1.27. The molecule has 46 heavy (non-hydrogen) atoms. The van der Waals surface area contributed by atoms with E-state index >= 15 is 0 Å². The van der Waals surface area contributed by atoms with Crippen LogP contribution in [0.2, 0.25) is 0 Å². The maximum atomic E-state index is 14.0. The summed E-state index contributed by atoms with van der Waals surface area (Å²) < 4.78 is 5.54. The second-order valence-electron chi connectivity index (χ2n) is 11.8. The quantitative estimate of drug-likeness (QED) is 0.206. The van der Waals surface area contributed by atoms with Gasteiger partial charge in [-0.15, -0.1) is 0 Å². The average molecular weight is 627 g/mol. The maximum Gasteiger partial charge on any atom is 0.269 e. The third kappa shape index (κ3) is 5.39. The number of nitro benzene ring substituents is 1. The van der Waals surface area contributed by atoms with E-state index in [-0.39, 0.29) is 55.3 Å². The number of hydrogen-bond acceptors (Lipinski definition) is 8. The topological polar surface area (TPSA) is 154 Å². The maximum absolute atomic E-state index is 14.0. The van der Waals surface area contributed by atoms with Crippen molar-refractivity contribution in [1.29, 1.82) is 0 Å². The van der Waals surface area contributed by atoms with E-state index in [1.54, 1.807) is 65.3 Å². The van der Waals surface area contributed by atoms with Crippen LogP contribution in [0.15, 0.2) is 78.9 Å². The highest BCUT2D eigenvalue weighted by Crippen LogP contribution is 2.47. The van der Waals surface area contributed by atoms with Gasteiger partial charge in [-0.1, -0.05) is 43.3 Å². The number of carbonyl (C=O) groups excluding carboxylic acids is 3. The van der Waals surface area contributed by atoms with E-state index in [0.29, 0.717) is 34.9 Å². The highest BCUT2D eigenvalue weighted by molar-refractivity contribution is 6.07. The summed E-state index contributed by atoms with van der Waals surface area (Å²) in [7, 11) is 0. The highest BCUT2D eigenvalue weighted by Gasteiger charge is 2.53. The molecule has 3 atom stereocenters. The summed E-state index contributed by atoms with van der Waals surface area (Å²) in [5, 5.41) is 33.2. The van der Waals surface area contributed by atoms with Crippen molar-refractivity contribution in [3.8, 4) is 5.75 Å². The first kappa shape index (κ1) is 30.9. The molecule has 0 spiro atoms. The zero-order valence-electron chi connectivity index (χ0n) is 25.2. The van der Waals surface area contributed by atoms with E-state index in [0.717, 1.165) is 12.8 Å². The lowest BCUT2D eigenvalue weighted by Gasteiger charge is -2.29. The van der Waals surface area contributed by atoms with Crippen LogP contribution < -0.4 is 14.5 Å². The van der Waals surface area contributed by atoms with Gasteiger partial charge < -0.3 is 24.7 Å². The molecule has 0 radical (unpaired) electrons. The fourth-order valence-corrected chi connectivity index (χ4v) is 6.51. The van der Waals surface area contributed by atoms with Crippen molar-refractivity contribution >= 4 is 40.5 Å². The van der Waals surface area contributed by atoms with Crippen molar-refractivity contribution in [3.63, 3.8) is 0 Å². The molecular formula is C34H34N4O8. The molecule has 3 heterocycles. The lowest BCUT2D eigenvalue weighted by Crippen LogP contribution is -2.44. The molecule has 12 nitrogen and oxygen atoms in total. The number of amides is 3. The van der Waals surface area contributed by atoms with Crippen LogP contribution in [0, 0.1) is 16.0 Å². The first-order chi connectivity index (χ1) is 22.1. The number of ether oxygens (including phenoxy) is 1. The van der Waals surface area contributed by atoms with Crippen LogP contribution in [-0.2, 0) is 26.5 Å². The third-order valence-electron chi connectivity index (χ3n) is 8.99. The molecule has 0 bridgehead atoms. The standard InChI is InChI=1S/C34H34N4O8/c1-22(6-4-10-31(40)35-17-5-7-26(35)20-39)34(43)27-18-25(38(44)45)15-16-28(27)36(33(34)42)19-23-11-13-24(14-12-23)37-29-8-2-3-9-30(29)46-21-32(37)41/h2-4,6,8-9,11-16,18,22,26,39,43H,5,7,10,17,19-21H2,1H3/b6-4+/t22-,26+,34+/m1/s1. The Kier molecular flexibility index (Phi) is 8.32. The van der Waals surface area contributed by atoms with Crippen LogP contribution >= 0.6 is 0 Å². The van der Waals surface area contributed by atoms with Gasteiger partial charge >= 0.3 is 0 Å². The predicted molar refractivity (Wildman–Crippen MR) is 168 cm³/mol. The minimum absolute atomic E-state index is 0.0269. The van der Waals surface area contributed by atoms with Gasteiger partial charge in [-0.25, -0.2) is 0 Å². The number of fused-ring (bicyclic) bond motifs is 2. The Morgan fingerprint density at radius 1 is 1.13 bits per heavy atom. The molecule has 3 aromatic carbocycles. The molecule has 6 rings (SSSR count). The molecule has 0 aromatic heterocycles. The molecule has 1 saturated heterocycles. The number of aliphatic hydroxyl groups is 2. The fraction of sp³-hybridized carbons (Fsp3) is 0.324. The van der Waals surface area contributed by atoms with Crippen molar-refractivity contribution in [2.45, 2.75) is 44.4 Å². The summed E-state index contributed by atoms with van der Waals surface area (Å²) in [4.78, 5) is 55.2. The molecule has 1 fully saturated rings. The second kappa shape index (κ2) is 12.4. The molecule has 2 N–H and O–H groups in total. The van der Waals surface area contributed by atoms with Crippen molar-refractivity contribution in [1.82, 2.24) is 4.90 Å². The number of nitrogens with zero attached hydrogens (tertiary/aromatic N) is 4. The number of nitro groups is 1. The first-order valence-corrected chi connectivity index (χ1v) is 15.2. The smallest absolute Gasteiger partial charge is 0.269 e. The summed E-state index contributed by atoms with van der Waals surface area (Å²) >= 11 is 0. The highest BCUT2D eigenvalue weighted by atomic mass is 16.6. The molecule has 3 aliphatic heterocycles. The second-order valence-corrected chi connectivity index (χ2v) is 11.8. The molecule has 0 saturated carbocycles. The summed E-state index contributed by atoms with van der Waals surface area (Å²) in [6.45, 7) is 2.06. The summed E-state index contributed by atoms with van der Waals surface area (Å²) in [6.07, 6.45) is 4.76. The van der Waals surface area contributed by atoms with Crippen molar-refractivity contribution < 1.29 is 34.3 Å². The Balaban J connectivity index is 1.25. The van der Waals surface area contributed by atoms with E-state index in [2.05, 4.69) is 0 Å². The lowest BCUT2D eigenvalue weighted by atomic mass is 9.82. The number of rotatable bonds is 9. The Hall–Kier alpha value is -5.07. The molecule has 0 unspecified atom stereocenters. The van der Waals surface area contributed by atoms with Crippen LogP contribution in [-0.4, -0.2) is 63.6 Å². The zero-order valence-corrected chi connectivity index (χ0v) is 25.2. The van der Waals surface area contributed by atoms with E-state index in [1.165, 1.54) is 23.1 Å². The van der Waals surface area contributed by atoms with Gasteiger partial charge in [0.1, 0.15) is 5.75 Å². The number of benzene rings is 3. The molecule has 238 valence electrons. The van der Waals surface area contributed by atoms with Crippen LogP contribution in [0.3, 0.4) is 0 Å². The third-order valence-corrected chi connectivity index (χ3v) is 8.99. The minimum atomic E-state index is -2.12. The Bertz CT molecular complexity index is 1720. The molecule has 3 aromatic rings. The Labute approximate surface area is 265 Å². The summed E-state index contributed by atoms with van der Waals surface area (Å²) in [5.41, 5.74) is 0.0309. The predicted octanol–water partition coefficient (Wildman–Crippen LogP) is 3.95. The Morgan fingerprint density at radius 2 is 1.89 bits per heavy atom. The van der Waals surface area contributed by atoms with Crippen LogP contribution in [0.1, 0.15) is 37.3 Å². The van der Waals surface area contributed by atoms with Crippen LogP contribution in [0.5, 0.6) is 5.75 Å². The largest absolute Gasteiger partial charge is 0.482 e. The number of aliphatic hydroxyl groups excluding tert-OH is 1. The number of likely N-dealkylation sites (tertiary alicyclic amines) is 1. The molecule has 3 amide bonds. The lowest BCUT2D eigenvalue weighted by molar-refractivity contribution is -0.385.